The second-order valence-electron chi connectivity index (χ2n) is 4.75. The van der Waals surface area contributed by atoms with Crippen LogP contribution in [0.3, 0.4) is 0 Å². The van der Waals surface area contributed by atoms with Crippen molar-refractivity contribution in [1.29, 1.82) is 0 Å². The number of hydrogen-bond donors (Lipinski definition) is 2. The Morgan fingerprint density at radius 1 is 1.41 bits per heavy atom. The molecule has 3 nitrogen and oxygen atoms in total. The molecular formula is C14H21NO2. The highest BCUT2D eigenvalue weighted by Crippen LogP contribution is 2.31. The summed E-state index contributed by atoms with van der Waals surface area (Å²) in [6.45, 7) is 2.99. The number of nitrogens with one attached hydrogen (secondary N) is 1. The van der Waals surface area contributed by atoms with Gasteiger partial charge in [0, 0.05) is 11.6 Å². The van der Waals surface area contributed by atoms with Gasteiger partial charge in [-0.1, -0.05) is 12.5 Å². The number of phenols is 1. The third-order valence-electron chi connectivity index (χ3n) is 3.56. The van der Waals surface area contributed by atoms with Gasteiger partial charge in [-0.25, -0.2) is 0 Å². The molecule has 1 atom stereocenters. The summed E-state index contributed by atoms with van der Waals surface area (Å²) >= 11 is 0. The van der Waals surface area contributed by atoms with Crippen molar-refractivity contribution in [3.8, 4) is 11.5 Å². The van der Waals surface area contributed by atoms with Crippen LogP contribution in [0.1, 0.15) is 30.4 Å². The van der Waals surface area contributed by atoms with E-state index in [4.69, 9.17) is 4.74 Å². The van der Waals surface area contributed by atoms with Crippen LogP contribution in [0.4, 0.5) is 0 Å². The molecule has 1 aromatic rings. The fourth-order valence-electron chi connectivity index (χ4n) is 2.49. The van der Waals surface area contributed by atoms with E-state index < -0.39 is 0 Å². The second kappa shape index (κ2) is 5.41. The minimum Gasteiger partial charge on any atom is -0.507 e. The molecule has 3 heteroatoms. The van der Waals surface area contributed by atoms with Crippen molar-refractivity contribution in [2.75, 3.05) is 13.7 Å². The van der Waals surface area contributed by atoms with Gasteiger partial charge in [0.05, 0.1) is 7.11 Å². The molecule has 1 unspecified atom stereocenters. The Bertz CT molecular complexity index is 384. The molecule has 0 bridgehead atoms. The highest BCUT2D eigenvalue weighted by atomic mass is 16.5. The Labute approximate surface area is 103 Å². The van der Waals surface area contributed by atoms with Gasteiger partial charge in [-0.2, -0.15) is 0 Å². The molecule has 0 aliphatic carbocycles. The maximum Gasteiger partial charge on any atom is 0.125 e. The molecule has 1 aromatic carbocycles. The van der Waals surface area contributed by atoms with Crippen molar-refractivity contribution in [3.05, 3.63) is 23.3 Å². The van der Waals surface area contributed by atoms with Crippen molar-refractivity contribution in [2.24, 2.45) is 0 Å². The standard InChI is InChI=1S/C14H21NO2/c1-10-13(17-2)7-6-11(14(10)16)9-12-5-3-4-8-15-12/h6-7,12,15-16H,3-5,8-9H2,1-2H3. The average Bonchev–Trinajstić information content (AvgIpc) is 2.37. The van der Waals surface area contributed by atoms with E-state index >= 15 is 0 Å². The van der Waals surface area contributed by atoms with Crippen LogP contribution in [0, 0.1) is 6.92 Å². The van der Waals surface area contributed by atoms with E-state index in [1.807, 2.05) is 19.1 Å². The predicted octanol–water partition coefficient (Wildman–Crippen LogP) is 2.39. The van der Waals surface area contributed by atoms with Crippen LogP contribution >= 0.6 is 0 Å². The summed E-state index contributed by atoms with van der Waals surface area (Å²) < 4.78 is 5.20. The predicted molar refractivity (Wildman–Crippen MR) is 68.7 cm³/mol. The largest absolute Gasteiger partial charge is 0.507 e. The lowest BCUT2D eigenvalue weighted by molar-refractivity contribution is 0.385. The molecule has 0 radical (unpaired) electrons. The number of methoxy groups -OCH3 is 1. The summed E-state index contributed by atoms with van der Waals surface area (Å²) in [7, 11) is 1.63. The zero-order chi connectivity index (χ0) is 12.3. The third-order valence-corrected chi connectivity index (χ3v) is 3.56. The van der Waals surface area contributed by atoms with E-state index in [9.17, 15) is 5.11 Å². The first kappa shape index (κ1) is 12.2. The van der Waals surface area contributed by atoms with Crippen molar-refractivity contribution >= 4 is 0 Å². The topological polar surface area (TPSA) is 41.5 Å². The number of phenolic OH excluding ortho intramolecular Hbond substituents is 1. The van der Waals surface area contributed by atoms with E-state index in [1.54, 1.807) is 7.11 Å². The van der Waals surface area contributed by atoms with Crippen LogP contribution in [0.15, 0.2) is 12.1 Å². The Kier molecular flexibility index (Phi) is 3.89. The molecule has 94 valence electrons. The molecule has 1 aliphatic rings. The Morgan fingerprint density at radius 3 is 2.88 bits per heavy atom. The second-order valence-corrected chi connectivity index (χ2v) is 4.75. The number of hydrogen-bond acceptors (Lipinski definition) is 3. The number of rotatable bonds is 3. The van der Waals surface area contributed by atoms with Crippen LogP contribution < -0.4 is 10.1 Å². The lowest BCUT2D eigenvalue weighted by Crippen LogP contribution is -2.35. The minimum absolute atomic E-state index is 0.386. The van der Waals surface area contributed by atoms with Gasteiger partial charge in [0.1, 0.15) is 11.5 Å². The summed E-state index contributed by atoms with van der Waals surface area (Å²) in [6.07, 6.45) is 4.65. The molecule has 2 N–H and O–H groups in total. The first-order valence-corrected chi connectivity index (χ1v) is 6.31. The minimum atomic E-state index is 0.386. The zero-order valence-corrected chi connectivity index (χ0v) is 10.6. The molecule has 0 spiro atoms. The fourth-order valence-corrected chi connectivity index (χ4v) is 2.49. The van der Waals surface area contributed by atoms with Gasteiger partial charge in [0.25, 0.3) is 0 Å². The van der Waals surface area contributed by atoms with E-state index in [2.05, 4.69) is 5.32 Å². The Morgan fingerprint density at radius 2 is 2.24 bits per heavy atom. The molecule has 17 heavy (non-hydrogen) atoms. The number of aromatic hydroxyl groups is 1. The van der Waals surface area contributed by atoms with Crippen molar-refractivity contribution < 1.29 is 9.84 Å². The molecule has 1 fully saturated rings. The molecular weight excluding hydrogens is 214 g/mol. The van der Waals surface area contributed by atoms with E-state index in [1.165, 1.54) is 19.3 Å². The van der Waals surface area contributed by atoms with Gasteiger partial charge in [0.2, 0.25) is 0 Å². The van der Waals surface area contributed by atoms with E-state index in [0.717, 1.165) is 29.8 Å². The maximum absolute atomic E-state index is 10.1. The van der Waals surface area contributed by atoms with Crippen molar-refractivity contribution in [2.45, 2.75) is 38.6 Å². The highest BCUT2D eigenvalue weighted by Gasteiger charge is 2.16. The molecule has 0 saturated carbocycles. The lowest BCUT2D eigenvalue weighted by atomic mass is 9.96. The zero-order valence-electron chi connectivity index (χ0n) is 10.6. The first-order valence-electron chi connectivity index (χ1n) is 6.31. The fraction of sp³-hybridized carbons (Fsp3) is 0.571. The summed E-state index contributed by atoms with van der Waals surface area (Å²) in [5.74, 6) is 1.14. The summed E-state index contributed by atoms with van der Waals surface area (Å²) in [6, 6.07) is 4.41. The molecule has 1 saturated heterocycles. The molecule has 1 aliphatic heterocycles. The summed E-state index contributed by atoms with van der Waals surface area (Å²) in [5, 5.41) is 13.6. The summed E-state index contributed by atoms with van der Waals surface area (Å²) in [4.78, 5) is 0. The average molecular weight is 235 g/mol. The van der Waals surface area contributed by atoms with Gasteiger partial charge < -0.3 is 15.2 Å². The smallest absolute Gasteiger partial charge is 0.125 e. The first-order chi connectivity index (χ1) is 8.22. The quantitative estimate of drug-likeness (QED) is 0.845. The van der Waals surface area contributed by atoms with Crippen molar-refractivity contribution in [3.63, 3.8) is 0 Å². The molecule has 0 aromatic heterocycles. The number of piperidine rings is 1. The van der Waals surface area contributed by atoms with Gasteiger partial charge in [-0.15, -0.1) is 0 Å². The highest BCUT2D eigenvalue weighted by molar-refractivity contribution is 5.48. The molecule has 1 heterocycles. The maximum atomic E-state index is 10.1. The third kappa shape index (κ3) is 2.72. The summed E-state index contributed by atoms with van der Waals surface area (Å²) in [5.41, 5.74) is 1.85. The SMILES string of the molecule is COc1ccc(CC2CCCCN2)c(O)c1C. The van der Waals surface area contributed by atoms with Crippen LogP contribution in [0.25, 0.3) is 0 Å². The molecule has 2 rings (SSSR count). The normalized spacial score (nSPS) is 20.2. The van der Waals surface area contributed by atoms with Gasteiger partial charge in [0.15, 0.2) is 0 Å². The van der Waals surface area contributed by atoms with E-state index in [-0.39, 0.29) is 0 Å². The number of ether oxygens (including phenoxy) is 1. The van der Waals surface area contributed by atoms with Crippen LogP contribution in [-0.4, -0.2) is 24.8 Å². The lowest BCUT2D eigenvalue weighted by Gasteiger charge is -2.24. The van der Waals surface area contributed by atoms with Crippen molar-refractivity contribution in [1.82, 2.24) is 5.32 Å². The Balaban J connectivity index is 2.12. The Hall–Kier alpha value is -1.22. The van der Waals surface area contributed by atoms with Crippen LogP contribution in [0.5, 0.6) is 11.5 Å². The van der Waals surface area contributed by atoms with Crippen LogP contribution in [-0.2, 0) is 6.42 Å². The van der Waals surface area contributed by atoms with Gasteiger partial charge in [-0.3, -0.25) is 0 Å². The van der Waals surface area contributed by atoms with Crippen LogP contribution in [0.2, 0.25) is 0 Å². The van der Waals surface area contributed by atoms with Gasteiger partial charge in [-0.05, 0) is 44.4 Å². The number of benzene rings is 1. The van der Waals surface area contributed by atoms with Gasteiger partial charge >= 0.3 is 0 Å². The molecule has 0 amide bonds. The van der Waals surface area contributed by atoms with E-state index in [0.29, 0.717) is 11.8 Å². The monoisotopic (exact) mass is 235 g/mol.